The van der Waals surface area contributed by atoms with Crippen molar-refractivity contribution >= 4 is 11.8 Å². The minimum absolute atomic E-state index is 1.12. The van der Waals surface area contributed by atoms with Gasteiger partial charge in [0, 0.05) is 19.2 Å². The molecule has 11 heavy (non-hydrogen) atoms. The van der Waals surface area contributed by atoms with Crippen molar-refractivity contribution in [2.45, 2.75) is 12.8 Å². The van der Waals surface area contributed by atoms with Crippen LogP contribution in [0, 0.1) is 11.3 Å². The van der Waals surface area contributed by atoms with E-state index in [0.29, 0.717) is 0 Å². The molecule has 0 aromatic rings. The molecule has 1 heterocycles. The Kier molecular flexibility index (Phi) is 3.31. The van der Waals surface area contributed by atoms with Gasteiger partial charge in [-0.1, -0.05) is 0 Å². The molecule has 0 N–H and O–H groups in total. The van der Waals surface area contributed by atoms with Crippen molar-refractivity contribution in [1.82, 2.24) is 4.90 Å². The van der Waals surface area contributed by atoms with Crippen LogP contribution in [0.5, 0.6) is 0 Å². The maximum atomic E-state index is 8.46. The highest BCUT2D eigenvalue weighted by atomic mass is 32.2. The van der Waals surface area contributed by atoms with Crippen LogP contribution in [-0.4, -0.2) is 24.2 Å². The molecular weight excluding hydrogens is 156 g/mol. The van der Waals surface area contributed by atoms with Crippen LogP contribution in [-0.2, 0) is 0 Å². The van der Waals surface area contributed by atoms with Gasteiger partial charge in [0.05, 0.1) is 11.1 Å². The van der Waals surface area contributed by atoms with Crippen LogP contribution in [0.15, 0.2) is 11.1 Å². The molecule has 0 radical (unpaired) electrons. The van der Waals surface area contributed by atoms with Gasteiger partial charge in [-0.2, -0.15) is 5.26 Å². The van der Waals surface area contributed by atoms with E-state index in [9.17, 15) is 0 Å². The monoisotopic (exact) mass is 168 g/mol. The van der Waals surface area contributed by atoms with Crippen molar-refractivity contribution in [2.24, 2.45) is 0 Å². The molecule has 1 aliphatic heterocycles. The standard InChI is InChI=1S/C8H12N2S/c1-11-8(4-5-9)10-6-2-3-7-10/h4H,2-3,6-7H2,1H3/b8-4+. The van der Waals surface area contributed by atoms with Crippen LogP contribution in [0.4, 0.5) is 0 Å². The molecule has 0 unspecified atom stereocenters. The highest BCUT2D eigenvalue weighted by Gasteiger charge is 2.13. The lowest BCUT2D eigenvalue weighted by Crippen LogP contribution is -2.16. The third-order valence-corrected chi connectivity index (χ3v) is 2.61. The number of allylic oxidation sites excluding steroid dienone is 1. The van der Waals surface area contributed by atoms with E-state index in [1.807, 2.05) is 6.26 Å². The average Bonchev–Trinajstić information content (AvgIpc) is 2.52. The number of likely N-dealkylation sites (tertiary alicyclic amines) is 1. The summed E-state index contributed by atoms with van der Waals surface area (Å²) < 4.78 is 0. The van der Waals surface area contributed by atoms with Gasteiger partial charge in [-0.05, 0) is 19.1 Å². The van der Waals surface area contributed by atoms with Crippen molar-refractivity contribution in [3.8, 4) is 6.07 Å². The summed E-state index contributed by atoms with van der Waals surface area (Å²) in [6.45, 7) is 2.24. The van der Waals surface area contributed by atoms with Crippen molar-refractivity contribution in [3.63, 3.8) is 0 Å². The predicted molar refractivity (Wildman–Crippen MR) is 48.0 cm³/mol. The van der Waals surface area contributed by atoms with Gasteiger partial charge >= 0.3 is 0 Å². The topological polar surface area (TPSA) is 27.0 Å². The lowest BCUT2D eigenvalue weighted by atomic mass is 10.4. The minimum atomic E-state index is 1.12. The van der Waals surface area contributed by atoms with Gasteiger partial charge < -0.3 is 4.90 Å². The zero-order valence-electron chi connectivity index (χ0n) is 6.71. The summed E-state index contributed by atoms with van der Waals surface area (Å²) in [4.78, 5) is 2.27. The van der Waals surface area contributed by atoms with E-state index in [-0.39, 0.29) is 0 Å². The van der Waals surface area contributed by atoms with Crippen LogP contribution >= 0.6 is 11.8 Å². The van der Waals surface area contributed by atoms with E-state index >= 15 is 0 Å². The lowest BCUT2D eigenvalue weighted by molar-refractivity contribution is 0.457. The first kappa shape index (κ1) is 8.48. The van der Waals surface area contributed by atoms with Gasteiger partial charge in [0.25, 0.3) is 0 Å². The molecule has 0 bridgehead atoms. The molecule has 0 spiro atoms. The first-order valence-corrected chi connectivity index (χ1v) is 4.99. The summed E-state index contributed by atoms with van der Waals surface area (Å²) in [5.41, 5.74) is 0. The summed E-state index contributed by atoms with van der Waals surface area (Å²) >= 11 is 1.66. The number of nitriles is 1. The van der Waals surface area contributed by atoms with E-state index in [4.69, 9.17) is 5.26 Å². The molecule has 0 aromatic carbocycles. The highest BCUT2D eigenvalue weighted by Crippen LogP contribution is 2.21. The molecule has 60 valence electrons. The van der Waals surface area contributed by atoms with E-state index in [1.165, 1.54) is 12.8 Å². The maximum absolute atomic E-state index is 8.46. The van der Waals surface area contributed by atoms with Crippen LogP contribution < -0.4 is 0 Å². The Morgan fingerprint density at radius 2 is 2.18 bits per heavy atom. The Morgan fingerprint density at radius 3 is 2.64 bits per heavy atom. The molecule has 0 amide bonds. The van der Waals surface area contributed by atoms with Crippen molar-refractivity contribution in [2.75, 3.05) is 19.3 Å². The third kappa shape index (κ3) is 2.16. The maximum Gasteiger partial charge on any atom is 0.0939 e. The number of hydrogen-bond donors (Lipinski definition) is 0. The fourth-order valence-corrected chi connectivity index (χ4v) is 1.88. The molecule has 0 saturated carbocycles. The summed E-state index contributed by atoms with van der Waals surface area (Å²) in [5, 5.41) is 9.58. The Balaban J connectivity index is 2.55. The number of nitrogens with zero attached hydrogens (tertiary/aromatic N) is 2. The molecule has 0 aromatic heterocycles. The van der Waals surface area contributed by atoms with Crippen LogP contribution in [0.1, 0.15) is 12.8 Å². The molecule has 2 nitrogen and oxygen atoms in total. The van der Waals surface area contributed by atoms with Gasteiger partial charge in [0.1, 0.15) is 0 Å². The molecule has 1 rings (SSSR count). The van der Waals surface area contributed by atoms with Gasteiger partial charge in [0.2, 0.25) is 0 Å². The van der Waals surface area contributed by atoms with Gasteiger partial charge in [0.15, 0.2) is 0 Å². The van der Waals surface area contributed by atoms with E-state index < -0.39 is 0 Å². The predicted octanol–water partition coefficient (Wildman–Crippen LogP) is 1.81. The number of hydrogen-bond acceptors (Lipinski definition) is 3. The Hall–Kier alpha value is -0.620. The van der Waals surface area contributed by atoms with E-state index in [2.05, 4.69) is 11.0 Å². The molecule has 1 aliphatic rings. The van der Waals surface area contributed by atoms with Crippen LogP contribution in [0.25, 0.3) is 0 Å². The van der Waals surface area contributed by atoms with Crippen molar-refractivity contribution in [3.05, 3.63) is 11.1 Å². The molecule has 1 fully saturated rings. The van der Waals surface area contributed by atoms with Crippen molar-refractivity contribution < 1.29 is 0 Å². The first-order valence-electron chi connectivity index (χ1n) is 3.77. The fraction of sp³-hybridized carbons (Fsp3) is 0.625. The molecule has 0 atom stereocenters. The number of rotatable bonds is 2. The van der Waals surface area contributed by atoms with Gasteiger partial charge in [-0.15, -0.1) is 11.8 Å². The van der Waals surface area contributed by atoms with E-state index in [0.717, 1.165) is 18.1 Å². The molecular formula is C8H12N2S. The Bertz CT molecular complexity index is 187. The molecule has 1 saturated heterocycles. The normalized spacial score (nSPS) is 18.5. The largest absolute Gasteiger partial charge is 0.366 e. The SMILES string of the molecule is CS/C(=C/C#N)N1CCCC1. The second kappa shape index (κ2) is 4.30. The quantitative estimate of drug-likeness (QED) is 0.588. The fourth-order valence-electron chi connectivity index (χ4n) is 1.27. The van der Waals surface area contributed by atoms with Gasteiger partial charge in [-0.25, -0.2) is 0 Å². The zero-order chi connectivity index (χ0) is 8.10. The second-order valence-electron chi connectivity index (χ2n) is 2.51. The van der Waals surface area contributed by atoms with Crippen molar-refractivity contribution in [1.29, 1.82) is 5.26 Å². The minimum Gasteiger partial charge on any atom is -0.366 e. The Labute approximate surface area is 71.9 Å². The summed E-state index contributed by atoms with van der Waals surface area (Å²) in [5.74, 6) is 0. The Morgan fingerprint density at radius 1 is 1.55 bits per heavy atom. The second-order valence-corrected chi connectivity index (χ2v) is 3.34. The average molecular weight is 168 g/mol. The third-order valence-electron chi connectivity index (χ3n) is 1.81. The summed E-state index contributed by atoms with van der Waals surface area (Å²) in [6, 6.07) is 2.07. The lowest BCUT2D eigenvalue weighted by Gasteiger charge is -2.17. The summed E-state index contributed by atoms with van der Waals surface area (Å²) in [7, 11) is 0. The molecule has 0 aliphatic carbocycles. The zero-order valence-corrected chi connectivity index (χ0v) is 7.52. The summed E-state index contributed by atoms with van der Waals surface area (Å²) in [6.07, 6.45) is 6.18. The number of thioether (sulfide) groups is 1. The van der Waals surface area contributed by atoms with Gasteiger partial charge in [-0.3, -0.25) is 0 Å². The van der Waals surface area contributed by atoms with Crippen LogP contribution in [0.2, 0.25) is 0 Å². The van der Waals surface area contributed by atoms with E-state index in [1.54, 1.807) is 17.8 Å². The highest BCUT2D eigenvalue weighted by molar-refractivity contribution is 8.02. The first-order chi connectivity index (χ1) is 5.38. The smallest absolute Gasteiger partial charge is 0.0939 e. The van der Waals surface area contributed by atoms with Crippen LogP contribution in [0.3, 0.4) is 0 Å². The molecule has 3 heteroatoms.